The minimum atomic E-state index is -0.701. The maximum Gasteiger partial charge on any atom is 0.251 e. The maximum atomic E-state index is 10.3. The Kier molecular flexibility index (Phi) is 14.9. The van der Waals surface area contributed by atoms with Crippen LogP contribution in [0.25, 0.3) is 0 Å². The number of hydrogen-bond acceptors (Lipinski definition) is 1. The van der Waals surface area contributed by atoms with Gasteiger partial charge in [0.2, 0.25) is 0 Å². The van der Waals surface area contributed by atoms with Crippen molar-refractivity contribution in [3.05, 3.63) is 109 Å². The van der Waals surface area contributed by atoms with E-state index in [-0.39, 0.29) is 29.5 Å². The van der Waals surface area contributed by atoms with Crippen molar-refractivity contribution in [2.45, 2.75) is 78.0 Å². The van der Waals surface area contributed by atoms with E-state index in [0.717, 1.165) is 0 Å². The van der Waals surface area contributed by atoms with Gasteiger partial charge >= 0.3 is 0 Å². The summed E-state index contributed by atoms with van der Waals surface area (Å²) in [4.78, 5) is 0. The summed E-state index contributed by atoms with van der Waals surface area (Å²) in [6.07, 6.45) is 0. The third-order valence-corrected chi connectivity index (χ3v) is 14.7. The minimum Gasteiger partial charge on any atom is -0.872 e. The van der Waals surface area contributed by atoms with Crippen LogP contribution in [-0.2, 0) is 17.1 Å². The molecule has 0 aliphatic carbocycles. The number of rotatable bonds is 9. The standard InChI is InChI=1S/C30H41BP2.C6H6O.Fe/c1-22(2)32(23(3)4)29-20-14-12-18-27(29)31(26-16-10-9-11-17-26)28-19-13-15-21-30(28)33(24(5)6)25(7)8;7-6-4-2-1-3-5-6;/h9-25H,1-8H3;1-5,7H;/p+1. The molecule has 1 nitrogen and oxygen atoms in total. The molecule has 0 N–H and O–H groups in total. The molecule has 0 atom stereocenters. The molecule has 0 aliphatic heterocycles. The second-order valence-electron chi connectivity index (χ2n) is 11.9. The predicted octanol–water partition coefficient (Wildman–Crippen LogP) is 6.27. The van der Waals surface area contributed by atoms with Crippen LogP contribution in [0.1, 0.15) is 55.4 Å². The van der Waals surface area contributed by atoms with Gasteiger partial charge in [-0.25, -0.2) is 0 Å². The normalized spacial score (nSPS) is 11.2. The van der Waals surface area contributed by atoms with Crippen molar-refractivity contribution >= 4 is 49.6 Å². The van der Waals surface area contributed by atoms with E-state index in [1.165, 1.54) is 28.5 Å². The van der Waals surface area contributed by atoms with Gasteiger partial charge in [-0.2, -0.15) is 0 Å². The molecule has 218 valence electrons. The van der Waals surface area contributed by atoms with Gasteiger partial charge in [-0.1, -0.05) is 103 Å². The van der Waals surface area contributed by atoms with Gasteiger partial charge in [0.25, 0.3) is 6.71 Å². The molecule has 0 bridgehead atoms. The van der Waals surface area contributed by atoms with Gasteiger partial charge in [0.15, 0.2) is 0 Å². The van der Waals surface area contributed by atoms with Crippen molar-refractivity contribution in [1.82, 2.24) is 0 Å². The van der Waals surface area contributed by atoms with Crippen LogP contribution in [0.15, 0.2) is 109 Å². The van der Waals surface area contributed by atoms with Gasteiger partial charge in [0.05, 0.1) is 33.2 Å². The molecule has 0 radical (unpaired) electrons. The van der Waals surface area contributed by atoms with E-state index >= 15 is 0 Å². The summed E-state index contributed by atoms with van der Waals surface area (Å²) in [5.74, 6) is 0.0718. The second kappa shape index (κ2) is 17.3. The zero-order valence-corrected chi connectivity index (χ0v) is 29.1. The largest absolute Gasteiger partial charge is 0.872 e. The molecule has 5 heteroatoms. The van der Waals surface area contributed by atoms with E-state index < -0.39 is 15.8 Å². The molecule has 0 saturated carbocycles. The Morgan fingerprint density at radius 2 is 0.780 bits per heavy atom. The summed E-state index contributed by atoms with van der Waals surface area (Å²) in [5.41, 5.74) is 7.29. The second-order valence-corrected chi connectivity index (χ2v) is 19.4. The minimum absolute atomic E-state index is 0. The Bertz CT molecular complexity index is 1220. The summed E-state index contributed by atoms with van der Waals surface area (Å²) >= 11 is 0. The molecule has 0 spiro atoms. The Balaban J connectivity index is 0.000000641. The molecule has 0 saturated heterocycles. The first-order valence-corrected chi connectivity index (χ1v) is 18.1. The van der Waals surface area contributed by atoms with Crippen molar-refractivity contribution in [2.24, 2.45) is 0 Å². The van der Waals surface area contributed by atoms with Crippen LogP contribution in [0, 0.1) is 0 Å². The fourth-order valence-electron chi connectivity index (χ4n) is 6.19. The smallest absolute Gasteiger partial charge is 0.251 e. The summed E-state index contributed by atoms with van der Waals surface area (Å²) < 4.78 is 0. The third-order valence-electron chi connectivity index (χ3n) is 7.53. The Hall–Kier alpha value is -1.88. The molecule has 4 aromatic rings. The number of hydrogen-bond donors (Lipinski definition) is 0. The molecular weight excluding hydrogens is 577 g/mol. The van der Waals surface area contributed by atoms with Gasteiger partial charge < -0.3 is 5.11 Å². The molecule has 0 aromatic heterocycles. The van der Waals surface area contributed by atoms with Gasteiger partial charge in [-0.3, -0.25) is 0 Å². The first-order chi connectivity index (χ1) is 19.1. The average Bonchev–Trinajstić information content (AvgIpc) is 2.91. The van der Waals surface area contributed by atoms with Gasteiger partial charge in [0.1, 0.15) is 0 Å². The van der Waals surface area contributed by atoms with Crippen molar-refractivity contribution in [3.63, 3.8) is 0 Å². The van der Waals surface area contributed by atoms with E-state index in [1.807, 2.05) is 6.07 Å². The summed E-state index contributed by atoms with van der Waals surface area (Å²) in [7, 11) is -1.40. The van der Waals surface area contributed by atoms with E-state index in [1.54, 1.807) is 22.7 Å². The SMILES string of the molecule is CC(C)[PH+](c1ccccc1B(c1ccccc1)c1ccccc1[PH+](C(C)C)C(C)C)C(C)C.[Fe].[O-]c1ccccc1. The van der Waals surface area contributed by atoms with Crippen LogP contribution in [0.2, 0.25) is 0 Å². The van der Waals surface area contributed by atoms with Crippen LogP contribution in [0.3, 0.4) is 0 Å². The summed E-state index contributed by atoms with van der Waals surface area (Å²) in [6, 6.07) is 38.4. The molecule has 4 rings (SSSR count). The van der Waals surface area contributed by atoms with Gasteiger partial charge in [-0.05, 0) is 78.4 Å². The molecule has 0 heterocycles. The van der Waals surface area contributed by atoms with E-state index in [4.69, 9.17) is 0 Å². The average molecular weight is 625 g/mol. The number of para-hydroxylation sites is 1. The monoisotopic (exact) mass is 625 g/mol. The molecular formula is C36H48BFeOP2+. The summed E-state index contributed by atoms with van der Waals surface area (Å²) in [6.45, 7) is 19.7. The molecule has 0 aliphatic rings. The first-order valence-electron chi connectivity index (χ1n) is 14.8. The molecule has 0 amide bonds. The summed E-state index contributed by atoms with van der Waals surface area (Å²) in [5, 5.41) is 13.5. The molecule has 41 heavy (non-hydrogen) atoms. The van der Waals surface area contributed by atoms with Crippen molar-refractivity contribution in [2.75, 3.05) is 0 Å². The first kappa shape index (κ1) is 35.3. The fourth-order valence-corrected chi connectivity index (χ4v) is 13.0. The fraction of sp³-hybridized carbons (Fsp3) is 0.333. The topological polar surface area (TPSA) is 23.1 Å². The van der Waals surface area contributed by atoms with Crippen molar-refractivity contribution in [3.8, 4) is 5.75 Å². The van der Waals surface area contributed by atoms with Crippen LogP contribution in [0.5, 0.6) is 5.75 Å². The van der Waals surface area contributed by atoms with Crippen molar-refractivity contribution in [1.29, 1.82) is 0 Å². The van der Waals surface area contributed by atoms with Crippen LogP contribution >= 0.6 is 15.8 Å². The van der Waals surface area contributed by atoms with Gasteiger partial charge in [-0.15, -0.1) is 5.75 Å². The van der Waals surface area contributed by atoms with Crippen LogP contribution in [-0.4, -0.2) is 29.3 Å². The molecule has 0 fully saturated rings. The third kappa shape index (κ3) is 9.56. The quantitative estimate of drug-likeness (QED) is 0.159. The maximum absolute atomic E-state index is 10.3. The van der Waals surface area contributed by atoms with Gasteiger partial charge in [0, 0.05) is 32.9 Å². The van der Waals surface area contributed by atoms with Crippen molar-refractivity contribution < 1.29 is 22.2 Å². The van der Waals surface area contributed by atoms with Crippen LogP contribution < -0.4 is 32.1 Å². The van der Waals surface area contributed by atoms with E-state index in [0.29, 0.717) is 22.6 Å². The van der Waals surface area contributed by atoms with E-state index in [9.17, 15) is 5.11 Å². The number of benzene rings is 4. The Labute approximate surface area is 263 Å². The Morgan fingerprint density at radius 3 is 1.10 bits per heavy atom. The molecule has 4 aromatic carbocycles. The zero-order valence-electron chi connectivity index (χ0n) is 26.0. The van der Waals surface area contributed by atoms with E-state index in [2.05, 4.69) is 134 Å². The Morgan fingerprint density at radius 1 is 0.463 bits per heavy atom. The molecule has 0 unspecified atom stereocenters. The predicted molar refractivity (Wildman–Crippen MR) is 186 cm³/mol. The zero-order chi connectivity index (χ0) is 29.2. The van der Waals surface area contributed by atoms with Crippen LogP contribution in [0.4, 0.5) is 0 Å².